The first kappa shape index (κ1) is 60.9. The average Bonchev–Trinajstić information content (AvgIpc) is 3.15. The van der Waals surface area contributed by atoms with Gasteiger partial charge in [-0.25, -0.2) is 0 Å². The molecule has 0 spiro atoms. The molecule has 0 N–H and O–H groups in total. The second-order valence-electron chi connectivity index (χ2n) is 17.2. The fraction of sp³-hybridized carbons (Fsp3) is 1.00. The Morgan fingerprint density at radius 3 is 0.418 bits per heavy atom. The van der Waals surface area contributed by atoms with Crippen molar-refractivity contribution >= 4 is 40.4 Å². The monoisotopic (exact) mass is 912 g/mol. The van der Waals surface area contributed by atoms with Crippen LogP contribution in [-0.2, 0) is 9.20 Å². The number of unbranched alkanes of at least 4 members (excludes halogenated alkanes) is 24. The van der Waals surface area contributed by atoms with Gasteiger partial charge in [0.05, 0.1) is 52.4 Å². The van der Waals surface area contributed by atoms with Gasteiger partial charge in [-0.05, 0) is 103 Å². The second kappa shape index (κ2) is 46.7. The molecule has 0 aromatic heterocycles. The van der Waals surface area contributed by atoms with Crippen LogP contribution in [0.1, 0.15) is 261 Å². The van der Waals surface area contributed by atoms with Gasteiger partial charge in [0, 0.05) is 0 Å². The van der Waals surface area contributed by atoms with Gasteiger partial charge in [-0.3, -0.25) is 0 Å². The van der Waals surface area contributed by atoms with Crippen LogP contribution in [0.5, 0.6) is 0 Å². The maximum absolute atomic E-state index is 4.90. The molecule has 0 saturated heterocycles. The zero-order chi connectivity index (χ0) is 41.8. The molecule has 0 aromatic carbocycles. The quantitative estimate of drug-likeness (QED) is 0.0326. The van der Waals surface area contributed by atoms with Crippen LogP contribution in [0.3, 0.4) is 0 Å². The molecule has 0 aliphatic rings. The number of hydrogen-bond donors (Lipinski definition) is 0. The summed E-state index contributed by atoms with van der Waals surface area (Å²) < 4.78 is 2.92. The number of quaternary nitrogens is 2. The molecule has 0 atom stereocenters. The van der Waals surface area contributed by atoms with Gasteiger partial charge in [0.25, 0.3) is 0 Å². The summed E-state index contributed by atoms with van der Waals surface area (Å²) in [4.78, 5) is 0. The van der Waals surface area contributed by atoms with E-state index in [0.717, 1.165) is 0 Å². The summed E-state index contributed by atoms with van der Waals surface area (Å²) in [6, 6.07) is 0. The second-order valence-corrected chi connectivity index (χ2v) is 26.5. The minimum absolute atomic E-state index is 1.36. The van der Waals surface area contributed by atoms with Crippen LogP contribution in [0.25, 0.3) is 0 Å². The van der Waals surface area contributed by atoms with Crippen LogP contribution in [0.4, 0.5) is 0 Å². The molecule has 0 fully saturated rings. The predicted molar refractivity (Wildman–Crippen MR) is 256 cm³/mol. The van der Waals surface area contributed by atoms with Gasteiger partial charge < -0.3 is 8.97 Å². The standard InChI is InChI=1S/2C24H52N.4ClH.Cu/c2*1-5-9-13-17-21-25(22-18-14-10-6-2,23-19-15-11-7-3)24-20-16-12-8-4;;;;;/h2*5-24H2,1-4H3;4*1H;/q2*+1;;;;;+2/p-4. The van der Waals surface area contributed by atoms with Crippen molar-refractivity contribution in [3.05, 3.63) is 0 Å². The molecule has 0 aromatic rings. The third kappa shape index (κ3) is 48.1. The molecule has 7 heteroatoms. The van der Waals surface area contributed by atoms with Gasteiger partial charge in [-0.15, -0.1) is 0 Å². The Morgan fingerprint density at radius 2 is 0.327 bits per heavy atom. The third-order valence-electron chi connectivity index (χ3n) is 11.9. The van der Waals surface area contributed by atoms with Gasteiger partial charge in [0.2, 0.25) is 0 Å². The van der Waals surface area contributed by atoms with E-state index in [0.29, 0.717) is 0 Å². The third-order valence-corrected chi connectivity index (χ3v) is 11.9. The molecule has 0 amide bonds. The van der Waals surface area contributed by atoms with Gasteiger partial charge in [0.1, 0.15) is 0 Å². The summed E-state index contributed by atoms with van der Waals surface area (Å²) in [5.74, 6) is 0. The van der Waals surface area contributed by atoms with E-state index >= 15 is 0 Å². The summed E-state index contributed by atoms with van der Waals surface area (Å²) in [6.45, 7) is 30.4. The molecule has 345 valence electrons. The zero-order valence-corrected chi connectivity index (χ0v) is 43.0. The number of hydrogen-bond acceptors (Lipinski definition) is 0. The van der Waals surface area contributed by atoms with Crippen LogP contribution in [0.2, 0.25) is 0 Å². The summed E-state index contributed by atoms with van der Waals surface area (Å²) in [6.07, 6.45) is 45.7. The van der Waals surface area contributed by atoms with Crippen molar-refractivity contribution < 1.29 is 18.2 Å². The molecular weight excluding hydrogens is 810 g/mol. The number of rotatable bonds is 40. The molecule has 0 aliphatic heterocycles. The van der Waals surface area contributed by atoms with Crippen molar-refractivity contribution in [2.75, 3.05) is 52.4 Å². The number of nitrogens with zero attached hydrogens (tertiary/aromatic N) is 2. The molecule has 0 aliphatic carbocycles. The summed E-state index contributed by atoms with van der Waals surface area (Å²) in [5.41, 5.74) is 0. The van der Waals surface area contributed by atoms with Crippen LogP contribution in [0, 0.1) is 0 Å². The van der Waals surface area contributed by atoms with Gasteiger partial charge in [-0.1, -0.05) is 158 Å². The number of halogens is 4. The van der Waals surface area contributed by atoms with Gasteiger partial charge >= 0.3 is 49.6 Å². The maximum atomic E-state index is 4.90. The minimum atomic E-state index is -2.24. The summed E-state index contributed by atoms with van der Waals surface area (Å²) in [5, 5.41) is 0. The Kier molecular flexibility index (Phi) is 51.7. The van der Waals surface area contributed by atoms with Crippen LogP contribution in [-0.4, -0.2) is 61.3 Å². The van der Waals surface area contributed by atoms with E-state index in [1.807, 2.05) is 0 Å². The van der Waals surface area contributed by atoms with Crippen molar-refractivity contribution in [2.45, 2.75) is 261 Å². The SMILES string of the molecule is CCCCCC[N+](CCCCCC)(CCCCCC)CCCCCC.CCCCCC[N+](CCCCCC)(CCCCCC)CCCCCC.[Cl][Cu-2]([Cl])([Cl])[Cl]. The normalized spacial score (nSPS) is 12.3. The van der Waals surface area contributed by atoms with Crippen molar-refractivity contribution in [1.29, 1.82) is 0 Å². The zero-order valence-electron chi connectivity index (χ0n) is 39.0. The van der Waals surface area contributed by atoms with Crippen molar-refractivity contribution in [1.82, 2.24) is 0 Å². The Balaban J connectivity index is -0.000000874. The topological polar surface area (TPSA) is 0 Å². The molecular formula is C48H104Cl4CuN2. The Bertz CT molecular complexity index is 541. The van der Waals surface area contributed by atoms with E-state index < -0.39 is 9.20 Å². The van der Waals surface area contributed by atoms with E-state index in [2.05, 4.69) is 55.4 Å². The molecule has 2 nitrogen and oxygen atoms in total. The van der Waals surface area contributed by atoms with Gasteiger partial charge in [0.15, 0.2) is 0 Å². The molecule has 0 bridgehead atoms. The molecule has 0 unspecified atom stereocenters. The molecule has 55 heavy (non-hydrogen) atoms. The van der Waals surface area contributed by atoms with E-state index in [-0.39, 0.29) is 0 Å². The Labute approximate surface area is 369 Å². The fourth-order valence-electron chi connectivity index (χ4n) is 8.33. The van der Waals surface area contributed by atoms with Crippen LogP contribution >= 0.6 is 40.4 Å². The average molecular weight is 915 g/mol. The van der Waals surface area contributed by atoms with Crippen molar-refractivity contribution in [2.24, 2.45) is 0 Å². The molecule has 0 heterocycles. The first-order valence-corrected chi connectivity index (χ1v) is 29.8. The first-order chi connectivity index (χ1) is 26.5. The van der Waals surface area contributed by atoms with Crippen LogP contribution < -0.4 is 0 Å². The van der Waals surface area contributed by atoms with E-state index in [9.17, 15) is 0 Å². The van der Waals surface area contributed by atoms with E-state index in [4.69, 9.17) is 40.4 Å². The predicted octanol–water partition coefficient (Wildman–Crippen LogP) is 19.0. The molecule has 0 radical (unpaired) electrons. The fourth-order valence-corrected chi connectivity index (χ4v) is 8.33. The van der Waals surface area contributed by atoms with Crippen molar-refractivity contribution in [3.8, 4) is 0 Å². The first-order valence-electron chi connectivity index (χ1n) is 24.6. The summed E-state index contributed by atoms with van der Waals surface area (Å²) in [7, 11) is 17.4. The van der Waals surface area contributed by atoms with Gasteiger partial charge in [-0.2, -0.15) is 0 Å². The van der Waals surface area contributed by atoms with Crippen molar-refractivity contribution in [3.63, 3.8) is 0 Å². The van der Waals surface area contributed by atoms with E-state index in [1.54, 1.807) is 0 Å². The van der Waals surface area contributed by atoms with Crippen LogP contribution in [0.15, 0.2) is 0 Å². The molecule has 0 saturated carbocycles. The molecule has 0 rings (SSSR count). The van der Waals surface area contributed by atoms with E-state index in [1.165, 1.54) is 267 Å². The summed E-state index contributed by atoms with van der Waals surface area (Å²) >= 11 is 0. The Hall–Kier alpha value is 1.60. The Morgan fingerprint density at radius 1 is 0.218 bits per heavy atom.